The normalized spacial score (nSPS) is 22.7. The van der Waals surface area contributed by atoms with Crippen LogP contribution in [-0.2, 0) is 4.74 Å². The van der Waals surface area contributed by atoms with Gasteiger partial charge in [-0.15, -0.1) is 11.3 Å². The molecule has 2 heterocycles. The van der Waals surface area contributed by atoms with Crippen molar-refractivity contribution < 1.29 is 4.74 Å². The second-order valence-electron chi connectivity index (χ2n) is 5.08. The Morgan fingerprint density at radius 1 is 1.42 bits per heavy atom. The first-order valence-corrected chi connectivity index (χ1v) is 7.52. The van der Waals surface area contributed by atoms with Gasteiger partial charge >= 0.3 is 0 Å². The van der Waals surface area contributed by atoms with Crippen LogP contribution >= 0.6 is 23.6 Å². The van der Waals surface area contributed by atoms with Gasteiger partial charge in [0, 0.05) is 18.0 Å². The molecular weight excluding hydrogens is 280 g/mol. The Hall–Kier alpha value is -0.980. The molecule has 0 amide bonds. The molecule has 0 spiro atoms. The average molecular weight is 296 g/mol. The van der Waals surface area contributed by atoms with Gasteiger partial charge in [0.1, 0.15) is 4.83 Å². The Kier molecular flexibility index (Phi) is 3.11. The Labute approximate surface area is 120 Å². The molecule has 0 saturated heterocycles. The minimum Gasteiger partial charge on any atom is -0.381 e. The van der Waals surface area contributed by atoms with Crippen molar-refractivity contribution in [3.8, 4) is 0 Å². The van der Waals surface area contributed by atoms with E-state index in [0.717, 1.165) is 28.6 Å². The summed E-state index contributed by atoms with van der Waals surface area (Å²) >= 11 is 6.94. The topological polar surface area (TPSA) is 47.0 Å². The summed E-state index contributed by atoms with van der Waals surface area (Å²) in [7, 11) is 1.71. The number of ether oxygens (including phenoxy) is 1. The van der Waals surface area contributed by atoms with Crippen LogP contribution < -0.4 is 5.56 Å². The fourth-order valence-corrected chi connectivity index (χ4v) is 4.07. The molecule has 0 atom stereocenters. The summed E-state index contributed by atoms with van der Waals surface area (Å²) in [4.78, 5) is 17.9. The molecular formula is C13H16N2O2S2. The number of nitrogens with one attached hydrogen (secondary N) is 1. The lowest BCUT2D eigenvalue weighted by molar-refractivity contribution is 0.00461. The number of aromatic amines is 1. The first-order chi connectivity index (χ1) is 9.02. The summed E-state index contributed by atoms with van der Waals surface area (Å²) in [6.07, 6.45) is 1.98. The summed E-state index contributed by atoms with van der Waals surface area (Å²) in [5.74, 6) is 0. The van der Waals surface area contributed by atoms with Crippen LogP contribution in [0.25, 0.3) is 10.2 Å². The highest BCUT2D eigenvalue weighted by molar-refractivity contribution is 7.71. The number of nitrogens with zero attached hydrogens (tertiary/aromatic N) is 1. The minimum atomic E-state index is 0.0418. The fourth-order valence-electron chi connectivity index (χ4n) is 2.62. The summed E-state index contributed by atoms with van der Waals surface area (Å²) in [6.45, 7) is 4.03. The van der Waals surface area contributed by atoms with Gasteiger partial charge in [-0.25, -0.2) is 0 Å². The summed E-state index contributed by atoms with van der Waals surface area (Å²) in [6, 6.07) is 0.171. The van der Waals surface area contributed by atoms with Crippen LogP contribution in [0.15, 0.2) is 4.79 Å². The van der Waals surface area contributed by atoms with Gasteiger partial charge in [-0.2, -0.15) is 0 Å². The van der Waals surface area contributed by atoms with Crippen molar-refractivity contribution in [1.29, 1.82) is 0 Å². The molecule has 0 radical (unpaired) electrons. The third-order valence-electron chi connectivity index (χ3n) is 4.03. The Morgan fingerprint density at radius 2 is 2.11 bits per heavy atom. The maximum Gasteiger partial charge on any atom is 0.263 e. The van der Waals surface area contributed by atoms with E-state index < -0.39 is 0 Å². The average Bonchev–Trinajstić information content (AvgIpc) is 2.57. The van der Waals surface area contributed by atoms with Gasteiger partial charge in [-0.3, -0.25) is 9.36 Å². The SMILES string of the molecule is COC1CC(n2c(=S)[nH]c3sc(C)c(C)c3c2=O)C1. The highest BCUT2D eigenvalue weighted by atomic mass is 32.1. The summed E-state index contributed by atoms with van der Waals surface area (Å²) in [5, 5.41) is 0.789. The second-order valence-corrected chi connectivity index (χ2v) is 6.69. The van der Waals surface area contributed by atoms with Gasteiger partial charge in [0.2, 0.25) is 0 Å². The molecule has 2 aromatic heterocycles. The molecule has 1 aliphatic rings. The number of methoxy groups -OCH3 is 1. The third kappa shape index (κ3) is 1.89. The van der Waals surface area contributed by atoms with E-state index in [2.05, 4.69) is 4.98 Å². The highest BCUT2D eigenvalue weighted by Gasteiger charge is 2.32. The molecule has 0 unspecified atom stereocenters. The van der Waals surface area contributed by atoms with Crippen molar-refractivity contribution in [2.75, 3.05) is 7.11 Å². The highest BCUT2D eigenvalue weighted by Crippen LogP contribution is 2.34. The monoisotopic (exact) mass is 296 g/mol. The Balaban J connectivity index is 2.18. The maximum absolute atomic E-state index is 12.7. The molecule has 1 aliphatic carbocycles. The molecule has 1 N–H and O–H groups in total. The summed E-state index contributed by atoms with van der Waals surface area (Å²) in [5.41, 5.74) is 1.10. The number of aryl methyl sites for hydroxylation is 2. The zero-order valence-corrected chi connectivity index (χ0v) is 12.8. The standard InChI is InChI=1S/C13H16N2O2S2/c1-6-7(2)19-11-10(6)12(16)15(13(18)14-11)8-4-9(5-8)17-3/h8-9H,4-5H2,1-3H3,(H,14,18). The van der Waals surface area contributed by atoms with E-state index in [1.54, 1.807) is 23.0 Å². The molecule has 0 aliphatic heterocycles. The smallest absolute Gasteiger partial charge is 0.263 e. The largest absolute Gasteiger partial charge is 0.381 e. The lowest BCUT2D eigenvalue weighted by Crippen LogP contribution is -2.38. The van der Waals surface area contributed by atoms with E-state index in [9.17, 15) is 4.79 Å². The molecule has 1 saturated carbocycles. The number of hydrogen-bond donors (Lipinski definition) is 1. The molecule has 3 rings (SSSR count). The predicted molar refractivity (Wildman–Crippen MR) is 79.8 cm³/mol. The first-order valence-electron chi connectivity index (χ1n) is 6.30. The molecule has 2 aromatic rings. The third-order valence-corrected chi connectivity index (χ3v) is 5.45. The van der Waals surface area contributed by atoms with E-state index in [-0.39, 0.29) is 17.7 Å². The molecule has 0 bridgehead atoms. The Morgan fingerprint density at radius 3 is 2.74 bits per heavy atom. The van der Waals surface area contributed by atoms with Crippen molar-refractivity contribution >= 4 is 33.8 Å². The fraction of sp³-hybridized carbons (Fsp3) is 0.538. The first kappa shape index (κ1) is 13.0. The van der Waals surface area contributed by atoms with E-state index in [0.29, 0.717) is 4.77 Å². The van der Waals surface area contributed by atoms with Crippen LogP contribution in [0.5, 0.6) is 0 Å². The number of thiophene rings is 1. The van der Waals surface area contributed by atoms with Gasteiger partial charge in [-0.1, -0.05) is 0 Å². The van der Waals surface area contributed by atoms with Crippen LogP contribution in [0.1, 0.15) is 29.3 Å². The molecule has 1 fully saturated rings. The van der Waals surface area contributed by atoms with Gasteiger partial charge in [0.15, 0.2) is 4.77 Å². The van der Waals surface area contributed by atoms with Crippen molar-refractivity contribution in [3.63, 3.8) is 0 Å². The van der Waals surface area contributed by atoms with Crippen LogP contribution in [0.4, 0.5) is 0 Å². The van der Waals surface area contributed by atoms with Gasteiger partial charge < -0.3 is 9.72 Å². The minimum absolute atomic E-state index is 0.0418. The van der Waals surface area contributed by atoms with Crippen LogP contribution in [0.2, 0.25) is 0 Å². The summed E-state index contributed by atoms with van der Waals surface area (Å²) < 4.78 is 7.53. The number of H-pyrrole nitrogens is 1. The molecule has 19 heavy (non-hydrogen) atoms. The van der Waals surface area contributed by atoms with Gasteiger partial charge in [-0.05, 0) is 44.5 Å². The molecule has 4 nitrogen and oxygen atoms in total. The van der Waals surface area contributed by atoms with Gasteiger partial charge in [0.05, 0.1) is 11.5 Å². The van der Waals surface area contributed by atoms with Crippen LogP contribution in [0, 0.1) is 18.6 Å². The van der Waals surface area contributed by atoms with Gasteiger partial charge in [0.25, 0.3) is 5.56 Å². The lowest BCUT2D eigenvalue weighted by Gasteiger charge is -2.35. The number of hydrogen-bond acceptors (Lipinski definition) is 4. The van der Waals surface area contributed by atoms with Crippen LogP contribution in [0.3, 0.4) is 0 Å². The quantitative estimate of drug-likeness (QED) is 0.866. The Bertz CT molecular complexity index is 750. The lowest BCUT2D eigenvalue weighted by atomic mass is 9.89. The van der Waals surface area contributed by atoms with Crippen molar-refractivity contribution in [2.24, 2.45) is 0 Å². The predicted octanol–water partition coefficient (Wildman–Crippen LogP) is 3.09. The maximum atomic E-state index is 12.7. The van der Waals surface area contributed by atoms with Crippen molar-refractivity contribution in [2.45, 2.75) is 38.8 Å². The van der Waals surface area contributed by atoms with E-state index in [1.165, 1.54) is 4.88 Å². The van der Waals surface area contributed by atoms with Crippen molar-refractivity contribution in [1.82, 2.24) is 9.55 Å². The number of rotatable bonds is 2. The van der Waals surface area contributed by atoms with E-state index >= 15 is 0 Å². The second kappa shape index (κ2) is 4.54. The molecule has 6 heteroatoms. The van der Waals surface area contributed by atoms with E-state index in [4.69, 9.17) is 17.0 Å². The van der Waals surface area contributed by atoms with Crippen LogP contribution in [-0.4, -0.2) is 22.8 Å². The number of aromatic nitrogens is 2. The molecule has 0 aromatic carbocycles. The number of fused-ring (bicyclic) bond motifs is 1. The van der Waals surface area contributed by atoms with Crippen molar-refractivity contribution in [3.05, 3.63) is 25.6 Å². The zero-order chi connectivity index (χ0) is 13.7. The zero-order valence-electron chi connectivity index (χ0n) is 11.1. The van der Waals surface area contributed by atoms with E-state index in [1.807, 2.05) is 13.8 Å². The molecule has 102 valence electrons.